The van der Waals surface area contributed by atoms with Gasteiger partial charge in [-0.3, -0.25) is 4.79 Å². The molecule has 1 aliphatic heterocycles. The van der Waals surface area contributed by atoms with Gasteiger partial charge >= 0.3 is 5.97 Å². The van der Waals surface area contributed by atoms with E-state index in [9.17, 15) is 14.0 Å². The van der Waals surface area contributed by atoms with Crippen molar-refractivity contribution in [3.8, 4) is 11.5 Å². The summed E-state index contributed by atoms with van der Waals surface area (Å²) in [7, 11) is 0. The lowest BCUT2D eigenvalue weighted by atomic mass is 10.1. The zero-order chi connectivity index (χ0) is 20.2. The standard InChI is InChI=1S/C24H15FO4/c25-18-8-4-7-17(13-18)14-22-24(27)20-11-10-19(15-21(20)29-22)28-23(26)12-9-16-5-2-1-3-6-16/h1-15H/b12-9+,22-14-. The predicted octanol–water partition coefficient (Wildman–Crippen LogP) is 5.06. The van der Waals surface area contributed by atoms with Gasteiger partial charge in [-0.05, 0) is 47.5 Å². The van der Waals surface area contributed by atoms with Crippen LogP contribution in [-0.2, 0) is 4.79 Å². The number of hydrogen-bond acceptors (Lipinski definition) is 4. The minimum absolute atomic E-state index is 0.0815. The fraction of sp³-hybridized carbons (Fsp3) is 0. The van der Waals surface area contributed by atoms with Gasteiger partial charge in [0.1, 0.15) is 17.3 Å². The van der Waals surface area contributed by atoms with Crippen LogP contribution in [0.4, 0.5) is 4.39 Å². The van der Waals surface area contributed by atoms with Gasteiger partial charge in [0.25, 0.3) is 0 Å². The molecule has 4 rings (SSSR count). The molecule has 0 aromatic heterocycles. The molecule has 0 fully saturated rings. The smallest absolute Gasteiger partial charge is 0.336 e. The van der Waals surface area contributed by atoms with Crippen LogP contribution < -0.4 is 9.47 Å². The van der Waals surface area contributed by atoms with E-state index in [0.29, 0.717) is 11.1 Å². The van der Waals surface area contributed by atoms with Gasteiger partial charge in [0.05, 0.1) is 5.56 Å². The summed E-state index contributed by atoms with van der Waals surface area (Å²) in [5.41, 5.74) is 1.74. The van der Waals surface area contributed by atoms with Gasteiger partial charge in [0.2, 0.25) is 5.78 Å². The van der Waals surface area contributed by atoms with Crippen LogP contribution in [0.5, 0.6) is 11.5 Å². The second-order valence-corrected chi connectivity index (χ2v) is 6.32. The van der Waals surface area contributed by atoms with Crippen molar-refractivity contribution >= 4 is 23.9 Å². The Morgan fingerprint density at radius 3 is 2.52 bits per heavy atom. The molecule has 0 radical (unpaired) electrons. The lowest BCUT2D eigenvalue weighted by Gasteiger charge is -2.03. The van der Waals surface area contributed by atoms with Gasteiger partial charge < -0.3 is 9.47 Å². The molecule has 3 aromatic carbocycles. The Balaban J connectivity index is 1.49. The van der Waals surface area contributed by atoms with E-state index in [2.05, 4.69) is 0 Å². The summed E-state index contributed by atoms with van der Waals surface area (Å²) >= 11 is 0. The average Bonchev–Trinajstić information content (AvgIpc) is 3.02. The molecular formula is C24H15FO4. The fourth-order valence-corrected chi connectivity index (χ4v) is 2.86. The lowest BCUT2D eigenvalue weighted by Crippen LogP contribution is -2.03. The molecule has 1 heterocycles. The molecule has 0 saturated heterocycles. The van der Waals surface area contributed by atoms with Crippen molar-refractivity contribution in [3.05, 3.63) is 107 Å². The summed E-state index contributed by atoms with van der Waals surface area (Å²) < 4.78 is 24.2. The molecule has 4 nitrogen and oxygen atoms in total. The number of ketones is 1. The van der Waals surface area contributed by atoms with Crippen molar-refractivity contribution in [2.24, 2.45) is 0 Å². The molecule has 0 amide bonds. The second kappa shape index (κ2) is 7.94. The van der Waals surface area contributed by atoms with Crippen LogP contribution in [0.15, 0.2) is 84.6 Å². The van der Waals surface area contributed by atoms with Crippen LogP contribution >= 0.6 is 0 Å². The number of allylic oxidation sites excluding steroid dienone is 1. The monoisotopic (exact) mass is 386 g/mol. The van der Waals surface area contributed by atoms with Gasteiger partial charge in [0, 0.05) is 12.1 Å². The van der Waals surface area contributed by atoms with Crippen LogP contribution in [-0.4, -0.2) is 11.8 Å². The van der Waals surface area contributed by atoms with Crippen LogP contribution in [0.25, 0.3) is 12.2 Å². The molecule has 0 aliphatic carbocycles. The van der Waals surface area contributed by atoms with E-state index >= 15 is 0 Å². The van der Waals surface area contributed by atoms with Crippen molar-refractivity contribution in [2.75, 3.05) is 0 Å². The Kier molecular flexibility index (Phi) is 5.03. The number of Topliss-reactive ketones (excluding diaryl/α,β-unsaturated/α-hetero) is 1. The molecule has 0 N–H and O–H groups in total. The van der Waals surface area contributed by atoms with Crippen LogP contribution in [0.1, 0.15) is 21.5 Å². The topological polar surface area (TPSA) is 52.6 Å². The maximum Gasteiger partial charge on any atom is 0.336 e. The molecular weight excluding hydrogens is 371 g/mol. The lowest BCUT2D eigenvalue weighted by molar-refractivity contribution is -0.128. The number of carbonyl (C=O) groups is 2. The van der Waals surface area contributed by atoms with E-state index in [4.69, 9.17) is 9.47 Å². The molecule has 29 heavy (non-hydrogen) atoms. The minimum Gasteiger partial charge on any atom is -0.452 e. The molecule has 0 unspecified atom stereocenters. The third-order valence-corrected chi connectivity index (χ3v) is 4.22. The maximum absolute atomic E-state index is 13.3. The van der Waals surface area contributed by atoms with Crippen molar-refractivity contribution in [2.45, 2.75) is 0 Å². The zero-order valence-corrected chi connectivity index (χ0v) is 15.2. The number of halogens is 1. The van der Waals surface area contributed by atoms with E-state index in [1.807, 2.05) is 30.3 Å². The molecule has 0 spiro atoms. The van der Waals surface area contributed by atoms with E-state index < -0.39 is 11.8 Å². The summed E-state index contributed by atoms with van der Waals surface area (Å²) in [6.45, 7) is 0. The van der Waals surface area contributed by atoms with Crippen molar-refractivity contribution in [1.82, 2.24) is 0 Å². The number of fused-ring (bicyclic) bond motifs is 1. The first-order chi connectivity index (χ1) is 14.1. The Labute approximate surface area is 166 Å². The maximum atomic E-state index is 13.3. The summed E-state index contributed by atoms with van der Waals surface area (Å²) in [6.07, 6.45) is 4.44. The first-order valence-electron chi connectivity index (χ1n) is 8.87. The number of esters is 1. The van der Waals surface area contributed by atoms with Crippen LogP contribution in [0.3, 0.4) is 0 Å². The van der Waals surface area contributed by atoms with Crippen molar-refractivity contribution in [1.29, 1.82) is 0 Å². The predicted molar refractivity (Wildman–Crippen MR) is 107 cm³/mol. The number of benzene rings is 3. The van der Waals surface area contributed by atoms with E-state index in [0.717, 1.165) is 5.56 Å². The van der Waals surface area contributed by atoms with Crippen molar-refractivity contribution in [3.63, 3.8) is 0 Å². The Morgan fingerprint density at radius 2 is 1.72 bits per heavy atom. The van der Waals surface area contributed by atoms with E-state index in [-0.39, 0.29) is 23.0 Å². The van der Waals surface area contributed by atoms with E-state index in [1.54, 1.807) is 18.2 Å². The third-order valence-electron chi connectivity index (χ3n) is 4.22. The van der Waals surface area contributed by atoms with E-state index in [1.165, 1.54) is 42.5 Å². The summed E-state index contributed by atoms with van der Waals surface area (Å²) in [6, 6.07) is 19.7. The average molecular weight is 386 g/mol. The molecule has 0 atom stereocenters. The molecule has 142 valence electrons. The number of carbonyl (C=O) groups excluding carboxylic acids is 2. The second-order valence-electron chi connectivity index (χ2n) is 6.32. The first-order valence-corrected chi connectivity index (χ1v) is 8.87. The number of rotatable bonds is 4. The quantitative estimate of drug-likeness (QED) is 0.357. The molecule has 5 heteroatoms. The van der Waals surface area contributed by atoms with Gasteiger partial charge in [-0.25, -0.2) is 9.18 Å². The molecule has 3 aromatic rings. The molecule has 0 saturated carbocycles. The third kappa shape index (κ3) is 4.30. The fourth-order valence-electron chi connectivity index (χ4n) is 2.86. The van der Waals surface area contributed by atoms with Gasteiger partial charge in [-0.2, -0.15) is 0 Å². The van der Waals surface area contributed by atoms with Crippen LogP contribution in [0, 0.1) is 5.82 Å². The number of hydrogen-bond donors (Lipinski definition) is 0. The van der Waals surface area contributed by atoms with Gasteiger partial charge in [-0.1, -0.05) is 42.5 Å². The Bertz CT molecular complexity index is 1150. The van der Waals surface area contributed by atoms with Crippen molar-refractivity contribution < 1.29 is 23.5 Å². The summed E-state index contributed by atoms with van der Waals surface area (Å²) in [5.74, 6) is -0.640. The van der Waals surface area contributed by atoms with Crippen LogP contribution in [0.2, 0.25) is 0 Å². The highest BCUT2D eigenvalue weighted by Gasteiger charge is 2.28. The minimum atomic E-state index is -0.548. The van der Waals surface area contributed by atoms with Gasteiger partial charge in [-0.15, -0.1) is 0 Å². The highest BCUT2D eigenvalue weighted by molar-refractivity contribution is 6.14. The van der Waals surface area contributed by atoms with Gasteiger partial charge in [0.15, 0.2) is 5.76 Å². The first kappa shape index (κ1) is 18.4. The number of ether oxygens (including phenoxy) is 2. The zero-order valence-electron chi connectivity index (χ0n) is 15.2. The molecule has 0 bridgehead atoms. The largest absolute Gasteiger partial charge is 0.452 e. The Morgan fingerprint density at radius 1 is 0.931 bits per heavy atom. The molecule has 1 aliphatic rings. The summed E-state index contributed by atoms with van der Waals surface area (Å²) in [4.78, 5) is 24.5. The normalized spacial score (nSPS) is 14.1. The highest BCUT2D eigenvalue weighted by atomic mass is 19.1. The highest BCUT2D eigenvalue weighted by Crippen LogP contribution is 2.35. The Hall–Kier alpha value is -3.99. The summed E-state index contributed by atoms with van der Waals surface area (Å²) in [5, 5.41) is 0. The SMILES string of the molecule is O=C(/C=C/c1ccccc1)Oc1ccc2c(c1)O/C(=C\c1cccc(F)c1)C2=O.